The van der Waals surface area contributed by atoms with Crippen LogP contribution in [0, 0.1) is 0 Å². The molecule has 3 rings (SSSR count). The maximum Gasteiger partial charge on any atom is 0.360 e. The Balaban J connectivity index is 1.98. The third kappa shape index (κ3) is 4.46. The van der Waals surface area contributed by atoms with Crippen LogP contribution in [0.4, 0.5) is 5.82 Å². The predicted octanol–water partition coefficient (Wildman–Crippen LogP) is 3.74. The van der Waals surface area contributed by atoms with E-state index in [9.17, 15) is 9.90 Å². The summed E-state index contributed by atoms with van der Waals surface area (Å²) in [7, 11) is 1.27. The Labute approximate surface area is 177 Å². The van der Waals surface area contributed by atoms with Crippen LogP contribution in [-0.4, -0.2) is 46.8 Å². The Morgan fingerprint density at radius 3 is 2.64 bits per heavy atom. The fourth-order valence-corrected chi connectivity index (χ4v) is 4.12. The van der Waals surface area contributed by atoms with Gasteiger partial charge in [-0.25, -0.2) is 9.78 Å². The van der Waals surface area contributed by atoms with E-state index < -0.39 is 5.97 Å². The SMILES string of the molecule is COC(=O)c1nc(Sc2cccc(Cl)c2Cl)c(O)nc1N1CCC(C)(N)CC1. The highest BCUT2D eigenvalue weighted by molar-refractivity contribution is 7.99. The molecule has 1 saturated heterocycles. The molecule has 0 aliphatic carbocycles. The summed E-state index contributed by atoms with van der Waals surface area (Å²) in [6, 6.07) is 5.12. The maximum absolute atomic E-state index is 12.3. The van der Waals surface area contributed by atoms with Crippen molar-refractivity contribution in [3.8, 4) is 5.88 Å². The number of rotatable bonds is 4. The largest absolute Gasteiger partial charge is 0.491 e. The van der Waals surface area contributed by atoms with Gasteiger partial charge in [0.2, 0.25) is 5.88 Å². The van der Waals surface area contributed by atoms with Crippen molar-refractivity contribution >= 4 is 46.8 Å². The van der Waals surface area contributed by atoms with Gasteiger partial charge in [0.15, 0.2) is 16.5 Å². The molecule has 0 spiro atoms. The number of nitrogens with two attached hydrogens (primary N) is 1. The third-order valence-electron chi connectivity index (χ3n) is 4.53. The summed E-state index contributed by atoms with van der Waals surface area (Å²) in [5.74, 6) is -0.659. The van der Waals surface area contributed by atoms with E-state index in [-0.39, 0.29) is 28.0 Å². The highest BCUT2D eigenvalue weighted by Gasteiger charge is 2.31. The summed E-state index contributed by atoms with van der Waals surface area (Å²) < 4.78 is 4.87. The molecule has 28 heavy (non-hydrogen) atoms. The van der Waals surface area contributed by atoms with Gasteiger partial charge in [0.1, 0.15) is 0 Å². The summed E-state index contributed by atoms with van der Waals surface area (Å²) in [5, 5.41) is 11.3. The summed E-state index contributed by atoms with van der Waals surface area (Å²) in [6.45, 7) is 3.18. The van der Waals surface area contributed by atoms with E-state index >= 15 is 0 Å². The van der Waals surface area contributed by atoms with E-state index in [0.29, 0.717) is 28.0 Å². The number of hydrogen-bond acceptors (Lipinski definition) is 8. The number of hydrogen-bond donors (Lipinski definition) is 2. The molecular formula is C18H20Cl2N4O3S. The number of halogens is 2. The molecule has 0 saturated carbocycles. The first kappa shape index (κ1) is 21.0. The van der Waals surface area contributed by atoms with Crippen molar-refractivity contribution in [3.05, 3.63) is 33.9 Å². The Bertz CT molecular complexity index is 901. The van der Waals surface area contributed by atoms with Gasteiger partial charge in [0, 0.05) is 23.5 Å². The number of benzene rings is 1. The van der Waals surface area contributed by atoms with Gasteiger partial charge < -0.3 is 20.5 Å². The number of carbonyl (C=O) groups is 1. The lowest BCUT2D eigenvalue weighted by Gasteiger charge is -2.37. The summed E-state index contributed by atoms with van der Waals surface area (Å²) in [4.78, 5) is 23.4. The lowest BCUT2D eigenvalue weighted by molar-refractivity contribution is 0.0593. The molecule has 1 aliphatic rings. The highest BCUT2D eigenvalue weighted by atomic mass is 35.5. The molecule has 3 N–H and O–H groups in total. The van der Waals surface area contributed by atoms with Gasteiger partial charge in [-0.3, -0.25) is 0 Å². The van der Waals surface area contributed by atoms with Crippen molar-refractivity contribution in [1.29, 1.82) is 0 Å². The smallest absolute Gasteiger partial charge is 0.360 e. The number of aromatic nitrogens is 2. The van der Waals surface area contributed by atoms with E-state index in [1.807, 2.05) is 11.8 Å². The van der Waals surface area contributed by atoms with Crippen molar-refractivity contribution in [1.82, 2.24) is 9.97 Å². The predicted molar refractivity (Wildman–Crippen MR) is 110 cm³/mol. The Kier molecular flexibility index (Phi) is 6.24. The molecule has 1 aliphatic heterocycles. The molecule has 1 fully saturated rings. The molecule has 0 radical (unpaired) electrons. The van der Waals surface area contributed by atoms with Gasteiger partial charge in [-0.15, -0.1) is 0 Å². The lowest BCUT2D eigenvalue weighted by Crippen LogP contribution is -2.48. The van der Waals surface area contributed by atoms with Crippen LogP contribution in [0.2, 0.25) is 10.0 Å². The van der Waals surface area contributed by atoms with Crippen LogP contribution in [0.15, 0.2) is 28.1 Å². The number of esters is 1. The average molecular weight is 443 g/mol. The molecule has 1 aromatic heterocycles. The monoisotopic (exact) mass is 442 g/mol. The number of aromatic hydroxyl groups is 1. The first-order valence-electron chi connectivity index (χ1n) is 8.57. The van der Waals surface area contributed by atoms with Gasteiger partial charge in [0.05, 0.1) is 17.2 Å². The van der Waals surface area contributed by atoms with Gasteiger partial charge >= 0.3 is 5.97 Å². The van der Waals surface area contributed by atoms with Crippen LogP contribution in [0.25, 0.3) is 0 Å². The molecule has 2 heterocycles. The molecule has 0 unspecified atom stereocenters. The Hall–Kier alpha value is -1.74. The molecule has 0 atom stereocenters. The quantitative estimate of drug-likeness (QED) is 0.690. The second-order valence-corrected chi connectivity index (χ2v) is 8.63. The fourth-order valence-electron chi connectivity index (χ4n) is 2.82. The first-order valence-corrected chi connectivity index (χ1v) is 10.1. The molecule has 0 bridgehead atoms. The second-order valence-electron chi connectivity index (χ2n) is 6.81. The van der Waals surface area contributed by atoms with Gasteiger partial charge in [-0.05, 0) is 31.9 Å². The first-order chi connectivity index (χ1) is 13.2. The number of carbonyl (C=O) groups excluding carboxylic acids is 1. The summed E-state index contributed by atoms with van der Waals surface area (Å²) in [6.07, 6.45) is 1.45. The van der Waals surface area contributed by atoms with Crippen LogP contribution < -0.4 is 10.6 Å². The third-order valence-corrected chi connectivity index (χ3v) is 6.49. The van der Waals surface area contributed by atoms with Crippen molar-refractivity contribution < 1.29 is 14.6 Å². The van der Waals surface area contributed by atoms with Crippen LogP contribution in [0.1, 0.15) is 30.3 Å². The van der Waals surface area contributed by atoms with Crippen LogP contribution in [0.3, 0.4) is 0 Å². The minimum atomic E-state index is -0.636. The zero-order valence-corrected chi connectivity index (χ0v) is 17.7. The minimum absolute atomic E-state index is 0.0292. The molecule has 2 aromatic rings. The Morgan fingerprint density at radius 1 is 1.32 bits per heavy atom. The zero-order valence-electron chi connectivity index (χ0n) is 15.4. The summed E-state index contributed by atoms with van der Waals surface area (Å²) in [5.41, 5.74) is 5.94. The van der Waals surface area contributed by atoms with Gasteiger partial charge in [-0.2, -0.15) is 4.98 Å². The second kappa shape index (κ2) is 8.32. The zero-order chi connectivity index (χ0) is 20.5. The van der Waals surface area contributed by atoms with E-state index in [1.165, 1.54) is 7.11 Å². The lowest BCUT2D eigenvalue weighted by atomic mass is 9.91. The number of methoxy groups -OCH3 is 1. The van der Waals surface area contributed by atoms with Crippen LogP contribution in [0.5, 0.6) is 5.88 Å². The van der Waals surface area contributed by atoms with Crippen LogP contribution in [-0.2, 0) is 4.74 Å². The summed E-state index contributed by atoms with van der Waals surface area (Å²) >= 11 is 13.3. The number of piperidine rings is 1. The van der Waals surface area contributed by atoms with Gasteiger partial charge in [-0.1, -0.05) is 41.0 Å². The number of nitrogens with zero attached hydrogens (tertiary/aromatic N) is 3. The maximum atomic E-state index is 12.3. The molecule has 7 nitrogen and oxygen atoms in total. The van der Waals surface area contributed by atoms with Gasteiger partial charge in [0.25, 0.3) is 0 Å². The van der Waals surface area contributed by atoms with Crippen molar-refractivity contribution in [2.24, 2.45) is 5.73 Å². The van der Waals surface area contributed by atoms with E-state index in [2.05, 4.69) is 9.97 Å². The topological polar surface area (TPSA) is 102 Å². The molecular weight excluding hydrogens is 423 g/mol. The van der Waals surface area contributed by atoms with Crippen molar-refractivity contribution in [2.75, 3.05) is 25.1 Å². The number of anilines is 1. The minimum Gasteiger partial charge on any atom is -0.491 e. The molecule has 150 valence electrons. The normalized spacial score (nSPS) is 16.1. The van der Waals surface area contributed by atoms with E-state index in [0.717, 1.165) is 24.6 Å². The molecule has 10 heteroatoms. The number of ether oxygens (including phenoxy) is 1. The van der Waals surface area contributed by atoms with E-state index in [1.54, 1.807) is 18.2 Å². The molecule has 1 aromatic carbocycles. The van der Waals surface area contributed by atoms with E-state index in [4.69, 9.17) is 33.7 Å². The molecule has 0 amide bonds. The standard InChI is InChI=1S/C18H20Cl2N4O3S/c1-18(21)6-8-24(9-7-18)14-13(17(26)27-2)22-16(15(25)23-14)28-11-5-3-4-10(19)12(11)20/h3-5H,6-9,21H2,1-2H3,(H,23,25). The Morgan fingerprint density at radius 2 is 2.00 bits per heavy atom. The highest BCUT2D eigenvalue weighted by Crippen LogP contribution is 2.40. The van der Waals surface area contributed by atoms with Crippen LogP contribution >= 0.6 is 35.0 Å². The van der Waals surface area contributed by atoms with Crippen molar-refractivity contribution in [2.45, 2.75) is 35.2 Å². The average Bonchev–Trinajstić information content (AvgIpc) is 2.66. The fraction of sp³-hybridized carbons (Fsp3) is 0.389. The van der Waals surface area contributed by atoms with Crippen molar-refractivity contribution in [3.63, 3.8) is 0 Å².